The molecule has 7 heteroatoms. The Morgan fingerprint density at radius 2 is 1.88 bits per heavy atom. The van der Waals surface area contributed by atoms with E-state index in [0.29, 0.717) is 6.04 Å². The number of nitrogens with zero attached hydrogens (tertiary/aromatic N) is 5. The van der Waals surface area contributed by atoms with Crippen LogP contribution in [0.3, 0.4) is 0 Å². The number of ether oxygens (including phenoxy) is 1. The van der Waals surface area contributed by atoms with Crippen LogP contribution < -0.4 is 4.74 Å². The molecule has 1 aromatic heterocycles. The number of hydrogen-bond acceptors (Lipinski definition) is 6. The van der Waals surface area contributed by atoms with Crippen LogP contribution in [0.15, 0.2) is 24.3 Å². The summed E-state index contributed by atoms with van der Waals surface area (Å²) in [7, 11) is 1.66. The fourth-order valence-electron chi connectivity index (χ4n) is 4.42. The van der Waals surface area contributed by atoms with Gasteiger partial charge in [-0.25, -0.2) is 0 Å². The molecule has 2 aromatic rings. The van der Waals surface area contributed by atoms with E-state index in [1.54, 1.807) is 7.11 Å². The van der Waals surface area contributed by atoms with Gasteiger partial charge in [0.15, 0.2) is 5.82 Å². The quantitative estimate of drug-likeness (QED) is 0.896. The van der Waals surface area contributed by atoms with Crippen LogP contribution in [0.25, 0.3) is 5.69 Å². The first-order chi connectivity index (χ1) is 12.3. The summed E-state index contributed by atoms with van der Waals surface area (Å²) in [5.41, 5.74) is 0.930. The lowest BCUT2D eigenvalue weighted by molar-refractivity contribution is 0.0829. The molecule has 2 fully saturated rings. The molecule has 1 saturated carbocycles. The lowest BCUT2D eigenvalue weighted by Crippen LogP contribution is -2.41. The fraction of sp³-hybridized carbons (Fsp3) is 0.611. The molecule has 7 nitrogen and oxygen atoms in total. The summed E-state index contributed by atoms with van der Waals surface area (Å²) in [6.45, 7) is 0.205. The van der Waals surface area contributed by atoms with Crippen molar-refractivity contribution in [3.63, 3.8) is 0 Å². The second kappa shape index (κ2) is 7.09. The van der Waals surface area contributed by atoms with E-state index >= 15 is 0 Å². The van der Waals surface area contributed by atoms with Crippen LogP contribution in [0.1, 0.15) is 50.4 Å². The van der Waals surface area contributed by atoms with Gasteiger partial charge in [-0.1, -0.05) is 12.8 Å². The summed E-state index contributed by atoms with van der Waals surface area (Å²) in [4.78, 5) is 2.48. The van der Waals surface area contributed by atoms with E-state index in [0.717, 1.165) is 30.1 Å². The van der Waals surface area contributed by atoms with Crippen molar-refractivity contribution in [3.05, 3.63) is 30.1 Å². The standard InChI is InChI=1S/C18H25N5O2/c1-25-16-9-6-14(7-10-16)23-18(19-20-21-23)17-11-8-15(12-24)22(17)13-4-2-3-5-13/h6-7,9-10,13,15,17,24H,2-5,8,11-12H2,1H3/t15-,17-/m0/s1. The number of rotatable bonds is 5. The van der Waals surface area contributed by atoms with Crippen molar-refractivity contribution < 1.29 is 9.84 Å². The molecule has 1 N–H and O–H groups in total. The van der Waals surface area contributed by atoms with E-state index in [9.17, 15) is 5.11 Å². The summed E-state index contributed by atoms with van der Waals surface area (Å²) in [6.07, 6.45) is 6.94. The molecular weight excluding hydrogens is 318 g/mol. The summed E-state index contributed by atoms with van der Waals surface area (Å²) in [5, 5.41) is 22.4. The first-order valence-corrected chi connectivity index (χ1v) is 9.13. The Morgan fingerprint density at radius 3 is 2.56 bits per heavy atom. The molecule has 134 valence electrons. The van der Waals surface area contributed by atoms with Crippen molar-refractivity contribution >= 4 is 0 Å². The maximum atomic E-state index is 9.84. The van der Waals surface area contributed by atoms with Crippen LogP contribution in [0.5, 0.6) is 5.75 Å². The Balaban J connectivity index is 1.65. The van der Waals surface area contributed by atoms with Crippen molar-refractivity contribution in [1.82, 2.24) is 25.1 Å². The molecule has 25 heavy (non-hydrogen) atoms. The second-order valence-corrected chi connectivity index (χ2v) is 6.96. The molecule has 1 saturated heterocycles. The average Bonchev–Trinajstić information content (AvgIpc) is 3.40. The normalized spacial score (nSPS) is 24.9. The topological polar surface area (TPSA) is 76.3 Å². The van der Waals surface area contributed by atoms with E-state index in [1.165, 1.54) is 25.7 Å². The van der Waals surface area contributed by atoms with Crippen LogP contribution in [0.4, 0.5) is 0 Å². The van der Waals surface area contributed by atoms with Gasteiger partial charge in [-0.05, 0) is 60.4 Å². The number of tetrazole rings is 1. The molecule has 2 heterocycles. The summed E-state index contributed by atoms with van der Waals surface area (Å²) >= 11 is 0. The van der Waals surface area contributed by atoms with Crippen molar-refractivity contribution in [1.29, 1.82) is 0 Å². The van der Waals surface area contributed by atoms with Crippen LogP contribution in [0.2, 0.25) is 0 Å². The van der Waals surface area contributed by atoms with E-state index < -0.39 is 0 Å². The molecule has 0 radical (unpaired) electrons. The zero-order valence-electron chi connectivity index (χ0n) is 14.6. The maximum absolute atomic E-state index is 9.84. The number of likely N-dealkylation sites (tertiary alicyclic amines) is 1. The van der Waals surface area contributed by atoms with Gasteiger partial charge in [0.25, 0.3) is 0 Å². The van der Waals surface area contributed by atoms with Gasteiger partial charge in [-0.15, -0.1) is 5.10 Å². The molecule has 0 amide bonds. The number of benzene rings is 1. The van der Waals surface area contributed by atoms with Crippen LogP contribution in [0, 0.1) is 0 Å². The van der Waals surface area contributed by atoms with Gasteiger partial charge in [0, 0.05) is 12.1 Å². The predicted molar refractivity (Wildman–Crippen MR) is 92.6 cm³/mol. The Labute approximate surface area is 147 Å². The van der Waals surface area contributed by atoms with Crippen molar-refractivity contribution in [2.45, 2.75) is 56.7 Å². The van der Waals surface area contributed by atoms with E-state index in [4.69, 9.17) is 4.74 Å². The van der Waals surface area contributed by atoms with E-state index in [2.05, 4.69) is 20.4 Å². The van der Waals surface area contributed by atoms with Crippen molar-refractivity contribution in [2.24, 2.45) is 0 Å². The minimum absolute atomic E-state index is 0.164. The minimum Gasteiger partial charge on any atom is -0.497 e. The minimum atomic E-state index is 0.164. The zero-order chi connectivity index (χ0) is 17.2. The number of hydrogen-bond donors (Lipinski definition) is 1. The first kappa shape index (κ1) is 16.5. The monoisotopic (exact) mass is 343 g/mol. The Kier molecular flexibility index (Phi) is 4.67. The lowest BCUT2D eigenvalue weighted by atomic mass is 10.1. The van der Waals surface area contributed by atoms with Crippen molar-refractivity contribution in [3.8, 4) is 11.4 Å². The molecule has 2 aliphatic rings. The summed E-state index contributed by atoms with van der Waals surface area (Å²) in [5.74, 6) is 1.68. The van der Waals surface area contributed by atoms with E-state index in [-0.39, 0.29) is 18.7 Å². The lowest BCUT2D eigenvalue weighted by Gasteiger charge is -2.34. The van der Waals surface area contributed by atoms with Gasteiger partial charge in [0.05, 0.1) is 25.4 Å². The van der Waals surface area contributed by atoms with Crippen LogP contribution in [-0.2, 0) is 0 Å². The molecule has 4 rings (SSSR count). The van der Waals surface area contributed by atoms with E-state index in [1.807, 2.05) is 28.9 Å². The Bertz CT molecular complexity index is 696. The third-order valence-corrected chi connectivity index (χ3v) is 5.62. The zero-order valence-corrected chi connectivity index (χ0v) is 14.6. The van der Waals surface area contributed by atoms with Gasteiger partial charge in [0.1, 0.15) is 5.75 Å². The third-order valence-electron chi connectivity index (χ3n) is 5.62. The highest BCUT2D eigenvalue weighted by Crippen LogP contribution is 2.41. The Hall–Kier alpha value is -1.99. The highest BCUT2D eigenvalue weighted by atomic mass is 16.5. The maximum Gasteiger partial charge on any atom is 0.173 e. The summed E-state index contributed by atoms with van der Waals surface area (Å²) < 4.78 is 7.06. The van der Waals surface area contributed by atoms with Gasteiger partial charge in [-0.3, -0.25) is 4.90 Å². The van der Waals surface area contributed by atoms with Crippen molar-refractivity contribution in [2.75, 3.05) is 13.7 Å². The summed E-state index contributed by atoms with van der Waals surface area (Å²) in [6, 6.07) is 8.69. The highest BCUT2D eigenvalue weighted by Gasteiger charge is 2.41. The molecule has 1 aromatic carbocycles. The SMILES string of the molecule is COc1ccc(-n2nnnc2[C@@H]2CC[C@@H](CO)N2C2CCCC2)cc1. The van der Waals surface area contributed by atoms with Gasteiger partial charge in [-0.2, -0.15) is 4.68 Å². The fourth-order valence-corrected chi connectivity index (χ4v) is 4.42. The number of methoxy groups -OCH3 is 1. The predicted octanol–water partition coefficient (Wildman–Crippen LogP) is 2.11. The molecule has 0 unspecified atom stereocenters. The third kappa shape index (κ3) is 3.02. The first-order valence-electron chi connectivity index (χ1n) is 9.13. The van der Waals surface area contributed by atoms with Crippen LogP contribution in [-0.4, -0.2) is 56.0 Å². The smallest absolute Gasteiger partial charge is 0.173 e. The largest absolute Gasteiger partial charge is 0.497 e. The molecule has 0 spiro atoms. The number of aliphatic hydroxyl groups excluding tert-OH is 1. The second-order valence-electron chi connectivity index (χ2n) is 6.96. The molecule has 2 atom stereocenters. The van der Waals surface area contributed by atoms with Gasteiger partial charge < -0.3 is 9.84 Å². The molecule has 1 aliphatic carbocycles. The average molecular weight is 343 g/mol. The van der Waals surface area contributed by atoms with Gasteiger partial charge in [0.2, 0.25) is 0 Å². The number of aliphatic hydroxyl groups is 1. The number of aromatic nitrogens is 4. The van der Waals surface area contributed by atoms with Gasteiger partial charge >= 0.3 is 0 Å². The molecular formula is C18H25N5O2. The van der Waals surface area contributed by atoms with Crippen LogP contribution >= 0.6 is 0 Å². The Morgan fingerprint density at radius 1 is 1.12 bits per heavy atom. The molecule has 1 aliphatic heterocycles. The highest BCUT2D eigenvalue weighted by molar-refractivity contribution is 5.37. The molecule has 0 bridgehead atoms.